The number of benzene rings is 2. The van der Waals surface area contributed by atoms with Crippen LogP contribution in [0.25, 0.3) is 0 Å². The number of rotatable bonds is 9. The topological polar surface area (TPSA) is 93.7 Å². The molecule has 0 spiro atoms. The van der Waals surface area contributed by atoms with Crippen molar-refractivity contribution in [3.8, 4) is 11.5 Å². The van der Waals surface area contributed by atoms with Crippen molar-refractivity contribution in [3.63, 3.8) is 0 Å². The number of hydrogen-bond acceptors (Lipinski definition) is 5. The molecular weight excluding hydrogens is 380 g/mol. The summed E-state index contributed by atoms with van der Waals surface area (Å²) in [6.07, 6.45) is -0.682. The first-order valence-electron chi connectivity index (χ1n) is 8.91. The Balaban J connectivity index is 1.97. The van der Waals surface area contributed by atoms with Gasteiger partial charge in [0.15, 0.2) is 6.10 Å². The van der Waals surface area contributed by atoms with E-state index in [-0.39, 0.29) is 23.4 Å². The Morgan fingerprint density at radius 3 is 2.07 bits per heavy atom. The Kier molecular flexibility index (Phi) is 7.42. The molecule has 0 aromatic heterocycles. The summed E-state index contributed by atoms with van der Waals surface area (Å²) in [5.41, 5.74) is 0.814. The van der Waals surface area contributed by atoms with E-state index in [0.717, 1.165) is 5.56 Å². The average molecular weight is 407 g/mol. The van der Waals surface area contributed by atoms with Crippen LogP contribution in [0.4, 0.5) is 0 Å². The quantitative estimate of drug-likeness (QED) is 0.667. The highest BCUT2D eigenvalue weighted by Gasteiger charge is 2.17. The fraction of sp³-hybridized carbons (Fsp3) is 0.350. The molecule has 0 saturated carbocycles. The van der Waals surface area contributed by atoms with Crippen molar-refractivity contribution >= 4 is 15.9 Å². The van der Waals surface area contributed by atoms with Crippen LogP contribution >= 0.6 is 0 Å². The minimum Gasteiger partial charge on any atom is -0.497 e. The van der Waals surface area contributed by atoms with E-state index in [0.29, 0.717) is 11.5 Å². The van der Waals surface area contributed by atoms with Crippen LogP contribution in [0, 0.1) is 0 Å². The minimum absolute atomic E-state index is 0.0165. The molecule has 8 heteroatoms. The molecule has 0 bridgehead atoms. The maximum Gasteiger partial charge on any atom is 0.260 e. The Morgan fingerprint density at radius 2 is 1.54 bits per heavy atom. The summed E-state index contributed by atoms with van der Waals surface area (Å²) in [5, 5.41) is 2.76. The second-order valence-corrected chi connectivity index (χ2v) is 8.33. The number of carbonyl (C=O) groups is 1. The van der Waals surface area contributed by atoms with Crippen LogP contribution in [0.5, 0.6) is 11.5 Å². The first-order valence-corrected chi connectivity index (χ1v) is 10.4. The van der Waals surface area contributed by atoms with Gasteiger partial charge in [0.25, 0.3) is 5.91 Å². The van der Waals surface area contributed by atoms with Gasteiger partial charge in [0, 0.05) is 12.6 Å². The molecule has 28 heavy (non-hydrogen) atoms. The van der Waals surface area contributed by atoms with Crippen LogP contribution in [0.15, 0.2) is 53.4 Å². The summed E-state index contributed by atoms with van der Waals surface area (Å²) in [6.45, 7) is 5.53. The van der Waals surface area contributed by atoms with E-state index in [2.05, 4.69) is 10.0 Å². The van der Waals surface area contributed by atoms with Gasteiger partial charge in [-0.05, 0) is 62.7 Å². The zero-order chi connectivity index (χ0) is 20.7. The molecule has 0 radical (unpaired) electrons. The summed E-state index contributed by atoms with van der Waals surface area (Å²) >= 11 is 0. The molecule has 0 fully saturated rings. The van der Waals surface area contributed by atoms with Crippen molar-refractivity contribution < 1.29 is 22.7 Å². The standard InChI is InChI=1S/C20H26N2O5S/c1-14(2)22-20(23)15(3)27-18-9-11-19(12-10-18)28(24,25)21-13-16-5-7-17(26-4)8-6-16/h5-12,14-15,21H,13H2,1-4H3,(H,22,23)/t15-/m1/s1. The second-order valence-electron chi connectivity index (χ2n) is 6.57. The number of amides is 1. The zero-order valence-electron chi connectivity index (χ0n) is 16.4. The Morgan fingerprint density at radius 1 is 0.964 bits per heavy atom. The summed E-state index contributed by atoms with van der Waals surface area (Å²) in [6, 6.07) is 13.1. The third kappa shape index (κ3) is 6.24. The van der Waals surface area contributed by atoms with Crippen LogP contribution in [-0.2, 0) is 21.4 Å². The Labute approximate surface area is 166 Å². The summed E-state index contributed by atoms with van der Waals surface area (Å²) < 4.78 is 38.1. The number of sulfonamides is 1. The molecule has 0 saturated heterocycles. The van der Waals surface area contributed by atoms with E-state index < -0.39 is 16.1 Å². The Bertz CT molecular complexity index is 878. The van der Waals surface area contributed by atoms with E-state index in [1.807, 2.05) is 13.8 Å². The van der Waals surface area contributed by atoms with E-state index in [4.69, 9.17) is 9.47 Å². The Hall–Kier alpha value is -2.58. The number of nitrogens with one attached hydrogen (secondary N) is 2. The van der Waals surface area contributed by atoms with Crippen LogP contribution in [0.2, 0.25) is 0 Å². The van der Waals surface area contributed by atoms with E-state index >= 15 is 0 Å². The molecule has 0 aliphatic carbocycles. The predicted octanol–water partition coefficient (Wildman–Crippen LogP) is 2.47. The van der Waals surface area contributed by atoms with Gasteiger partial charge in [0.1, 0.15) is 11.5 Å². The largest absolute Gasteiger partial charge is 0.497 e. The van der Waals surface area contributed by atoms with Crippen LogP contribution in [0.1, 0.15) is 26.3 Å². The van der Waals surface area contributed by atoms with Crippen molar-refractivity contribution in [3.05, 3.63) is 54.1 Å². The van der Waals surface area contributed by atoms with Gasteiger partial charge in [-0.2, -0.15) is 0 Å². The minimum atomic E-state index is -3.67. The lowest BCUT2D eigenvalue weighted by Crippen LogP contribution is -2.40. The SMILES string of the molecule is COc1ccc(CNS(=O)(=O)c2ccc(O[C@H](C)C(=O)NC(C)C)cc2)cc1. The molecule has 2 rings (SSSR count). The molecule has 152 valence electrons. The molecular formula is C20H26N2O5S. The van der Waals surface area contributed by atoms with Crippen LogP contribution in [-0.4, -0.2) is 33.6 Å². The fourth-order valence-corrected chi connectivity index (χ4v) is 3.38. The second kappa shape index (κ2) is 9.57. The third-order valence-corrected chi connectivity index (χ3v) is 5.29. The summed E-state index contributed by atoms with van der Waals surface area (Å²) in [5.74, 6) is 0.895. The molecule has 2 aromatic rings. The third-order valence-electron chi connectivity index (χ3n) is 3.87. The first-order chi connectivity index (χ1) is 13.2. The fourth-order valence-electron chi connectivity index (χ4n) is 2.36. The van der Waals surface area contributed by atoms with E-state index in [9.17, 15) is 13.2 Å². The highest BCUT2D eigenvalue weighted by Crippen LogP contribution is 2.18. The van der Waals surface area contributed by atoms with Gasteiger partial charge in [0.05, 0.1) is 12.0 Å². The van der Waals surface area contributed by atoms with Gasteiger partial charge in [-0.15, -0.1) is 0 Å². The molecule has 2 aromatic carbocycles. The maximum absolute atomic E-state index is 12.5. The van der Waals surface area contributed by atoms with Crippen LogP contribution < -0.4 is 19.5 Å². The average Bonchev–Trinajstić information content (AvgIpc) is 2.66. The highest BCUT2D eigenvalue weighted by molar-refractivity contribution is 7.89. The number of hydrogen-bond donors (Lipinski definition) is 2. The number of carbonyl (C=O) groups excluding carboxylic acids is 1. The predicted molar refractivity (Wildman–Crippen MR) is 107 cm³/mol. The van der Waals surface area contributed by atoms with Crippen molar-refractivity contribution in [2.75, 3.05) is 7.11 Å². The summed E-state index contributed by atoms with van der Waals surface area (Å²) in [7, 11) is -2.10. The molecule has 0 aliphatic rings. The molecule has 0 heterocycles. The number of ether oxygens (including phenoxy) is 2. The normalized spacial score (nSPS) is 12.5. The smallest absolute Gasteiger partial charge is 0.260 e. The number of methoxy groups -OCH3 is 1. The van der Waals surface area contributed by atoms with Crippen molar-refractivity contribution in [1.82, 2.24) is 10.0 Å². The van der Waals surface area contributed by atoms with Gasteiger partial charge < -0.3 is 14.8 Å². The molecule has 2 N–H and O–H groups in total. The lowest BCUT2D eigenvalue weighted by Gasteiger charge is -2.16. The summed E-state index contributed by atoms with van der Waals surface area (Å²) in [4.78, 5) is 12.0. The monoisotopic (exact) mass is 406 g/mol. The van der Waals surface area contributed by atoms with Gasteiger partial charge in [-0.3, -0.25) is 4.79 Å². The molecule has 1 amide bonds. The van der Waals surface area contributed by atoms with Gasteiger partial charge in [-0.1, -0.05) is 12.1 Å². The van der Waals surface area contributed by atoms with E-state index in [1.54, 1.807) is 38.3 Å². The first kappa shape index (κ1) is 21.7. The van der Waals surface area contributed by atoms with Gasteiger partial charge in [-0.25, -0.2) is 13.1 Å². The van der Waals surface area contributed by atoms with Crippen molar-refractivity contribution in [1.29, 1.82) is 0 Å². The van der Waals surface area contributed by atoms with Gasteiger partial charge >= 0.3 is 0 Å². The van der Waals surface area contributed by atoms with Crippen molar-refractivity contribution in [2.24, 2.45) is 0 Å². The van der Waals surface area contributed by atoms with Crippen molar-refractivity contribution in [2.45, 2.75) is 44.4 Å². The zero-order valence-corrected chi connectivity index (χ0v) is 17.2. The lowest BCUT2D eigenvalue weighted by atomic mass is 10.2. The highest BCUT2D eigenvalue weighted by atomic mass is 32.2. The lowest BCUT2D eigenvalue weighted by molar-refractivity contribution is -0.127. The molecule has 0 unspecified atom stereocenters. The molecule has 0 aliphatic heterocycles. The molecule has 7 nitrogen and oxygen atoms in total. The maximum atomic E-state index is 12.5. The van der Waals surface area contributed by atoms with E-state index in [1.165, 1.54) is 24.3 Å². The van der Waals surface area contributed by atoms with Gasteiger partial charge in [0.2, 0.25) is 10.0 Å². The van der Waals surface area contributed by atoms with Crippen LogP contribution in [0.3, 0.4) is 0 Å². The molecule has 1 atom stereocenters.